The topological polar surface area (TPSA) is 78.9 Å². The van der Waals surface area contributed by atoms with Crippen LogP contribution in [0.5, 0.6) is 0 Å². The van der Waals surface area contributed by atoms with Gasteiger partial charge in [0.2, 0.25) is 0 Å². The number of carbonyl (C=O) groups excluding carboxylic acids is 3. The van der Waals surface area contributed by atoms with Crippen LogP contribution in [0.3, 0.4) is 0 Å². The van der Waals surface area contributed by atoms with Gasteiger partial charge in [0.25, 0.3) is 0 Å². The highest BCUT2D eigenvalue weighted by Gasteiger charge is 2.19. The molecule has 0 spiro atoms. The molecular weight excluding hydrogens is 901 g/mol. The largest absolute Gasteiger partial charge is 0.462 e. The fraction of sp³-hybridized carbons (Fsp3) is 0.716. The van der Waals surface area contributed by atoms with Gasteiger partial charge in [-0.15, -0.1) is 0 Å². The van der Waals surface area contributed by atoms with Crippen molar-refractivity contribution in [1.82, 2.24) is 0 Å². The minimum Gasteiger partial charge on any atom is -0.462 e. The first-order chi connectivity index (χ1) is 36.0. The average Bonchev–Trinajstić information content (AvgIpc) is 3.39. The molecule has 0 amide bonds. The maximum absolute atomic E-state index is 12.8. The van der Waals surface area contributed by atoms with Gasteiger partial charge in [-0.3, -0.25) is 14.4 Å². The summed E-state index contributed by atoms with van der Waals surface area (Å²) in [5, 5.41) is 0. The van der Waals surface area contributed by atoms with E-state index in [0.717, 1.165) is 122 Å². The number of rotatable bonds is 55. The van der Waals surface area contributed by atoms with Crippen LogP contribution >= 0.6 is 0 Å². The smallest absolute Gasteiger partial charge is 0.306 e. The molecule has 0 aliphatic heterocycles. The normalized spacial score (nSPS) is 12.8. The SMILES string of the molecule is CC/C=C\C/C=C\C/C=C\C/C=C\C/C=C\C/C=C\C/C=C\C/C=C\CCCCCCC(=O)OCC(COC(=O)CCCCCCCCCC)OC(=O)CCCCCCCCCCCCCCCCCCCC. The van der Waals surface area contributed by atoms with E-state index in [9.17, 15) is 14.4 Å². The number of hydrogen-bond acceptors (Lipinski definition) is 6. The standard InChI is InChI=1S/C67H114O6/c1-4-7-10-13-16-19-21-23-25-27-29-30-31-32-33-34-35-36-37-38-39-41-42-44-46-48-51-54-57-60-66(69)72-63-64(62-71-65(68)59-56-53-50-18-15-12-9-6-3)73-67(70)61-58-55-52-49-47-45-43-40-28-26-24-22-20-17-14-11-8-5-2/h7,10,16,19,23,25,29-30,32-33,35-36,38-39,42,44,64H,4-6,8-9,11-15,17-18,20-22,24,26-28,31,34,37,40-41,43,45-63H2,1-3H3/b10-7-,19-16-,25-23-,30-29-,33-32-,36-35-,39-38-,44-42-. The van der Waals surface area contributed by atoms with Gasteiger partial charge in [-0.1, -0.05) is 285 Å². The van der Waals surface area contributed by atoms with Crippen molar-refractivity contribution >= 4 is 17.9 Å². The van der Waals surface area contributed by atoms with Gasteiger partial charge in [-0.05, 0) is 83.5 Å². The van der Waals surface area contributed by atoms with Crippen LogP contribution in [-0.2, 0) is 28.6 Å². The molecule has 1 unspecified atom stereocenters. The molecule has 0 saturated carbocycles. The van der Waals surface area contributed by atoms with E-state index < -0.39 is 6.10 Å². The third-order valence-corrected chi connectivity index (χ3v) is 13.1. The zero-order valence-corrected chi connectivity index (χ0v) is 47.9. The van der Waals surface area contributed by atoms with Crippen LogP contribution in [0.4, 0.5) is 0 Å². The molecule has 6 nitrogen and oxygen atoms in total. The Bertz CT molecular complexity index is 1440. The highest BCUT2D eigenvalue weighted by atomic mass is 16.6. The number of hydrogen-bond donors (Lipinski definition) is 0. The van der Waals surface area contributed by atoms with Crippen molar-refractivity contribution in [3.63, 3.8) is 0 Å². The Labute approximate surface area is 451 Å². The molecule has 0 fully saturated rings. The summed E-state index contributed by atoms with van der Waals surface area (Å²) in [4.78, 5) is 38.1. The highest BCUT2D eigenvalue weighted by Crippen LogP contribution is 2.16. The quantitative estimate of drug-likeness (QED) is 0.0261. The summed E-state index contributed by atoms with van der Waals surface area (Å²) in [6.45, 7) is 6.50. The lowest BCUT2D eigenvalue weighted by atomic mass is 10.0. The Morgan fingerprint density at radius 1 is 0.288 bits per heavy atom. The van der Waals surface area contributed by atoms with E-state index in [0.29, 0.717) is 19.3 Å². The fourth-order valence-corrected chi connectivity index (χ4v) is 8.52. The van der Waals surface area contributed by atoms with E-state index in [1.807, 2.05) is 0 Å². The summed E-state index contributed by atoms with van der Waals surface area (Å²) >= 11 is 0. The van der Waals surface area contributed by atoms with Gasteiger partial charge >= 0.3 is 17.9 Å². The second kappa shape index (κ2) is 60.9. The van der Waals surface area contributed by atoms with E-state index >= 15 is 0 Å². The minimum atomic E-state index is -0.784. The number of ether oxygens (including phenoxy) is 3. The Hall–Kier alpha value is -3.67. The van der Waals surface area contributed by atoms with Gasteiger partial charge in [-0.2, -0.15) is 0 Å². The molecule has 0 aromatic carbocycles. The maximum atomic E-state index is 12.8. The van der Waals surface area contributed by atoms with Crippen LogP contribution in [0.1, 0.15) is 290 Å². The lowest BCUT2D eigenvalue weighted by Crippen LogP contribution is -2.30. The fourth-order valence-electron chi connectivity index (χ4n) is 8.52. The van der Waals surface area contributed by atoms with Crippen LogP contribution in [0.25, 0.3) is 0 Å². The van der Waals surface area contributed by atoms with Crippen LogP contribution in [0.2, 0.25) is 0 Å². The van der Waals surface area contributed by atoms with Gasteiger partial charge in [0.05, 0.1) is 0 Å². The molecule has 0 aliphatic rings. The van der Waals surface area contributed by atoms with E-state index in [-0.39, 0.29) is 31.1 Å². The second-order valence-corrected chi connectivity index (χ2v) is 20.2. The second-order valence-electron chi connectivity index (χ2n) is 20.2. The maximum Gasteiger partial charge on any atom is 0.306 e. The molecule has 1 atom stereocenters. The van der Waals surface area contributed by atoms with Gasteiger partial charge < -0.3 is 14.2 Å². The Morgan fingerprint density at radius 2 is 0.534 bits per heavy atom. The Morgan fingerprint density at radius 3 is 0.836 bits per heavy atom. The first-order valence-corrected chi connectivity index (χ1v) is 30.7. The number of esters is 3. The van der Waals surface area contributed by atoms with Crippen LogP contribution in [0, 0.1) is 0 Å². The van der Waals surface area contributed by atoms with E-state index in [1.165, 1.54) is 128 Å². The third-order valence-electron chi connectivity index (χ3n) is 13.1. The van der Waals surface area contributed by atoms with Crippen molar-refractivity contribution in [2.24, 2.45) is 0 Å². The molecule has 0 radical (unpaired) electrons. The molecule has 0 saturated heterocycles. The molecule has 0 bridgehead atoms. The number of allylic oxidation sites excluding steroid dienone is 16. The lowest BCUT2D eigenvalue weighted by molar-refractivity contribution is -0.167. The monoisotopic (exact) mass is 1010 g/mol. The van der Waals surface area contributed by atoms with Crippen molar-refractivity contribution in [3.8, 4) is 0 Å². The predicted molar refractivity (Wildman–Crippen MR) is 316 cm³/mol. The number of carbonyl (C=O) groups is 3. The van der Waals surface area contributed by atoms with Crippen LogP contribution < -0.4 is 0 Å². The molecule has 0 rings (SSSR count). The molecule has 0 heterocycles. The predicted octanol–water partition coefficient (Wildman–Crippen LogP) is 20.9. The number of unbranched alkanes of at least 4 members (excludes halogenated alkanes) is 28. The molecule has 0 N–H and O–H groups in total. The van der Waals surface area contributed by atoms with Crippen molar-refractivity contribution in [2.75, 3.05) is 13.2 Å². The van der Waals surface area contributed by atoms with Gasteiger partial charge in [0, 0.05) is 19.3 Å². The van der Waals surface area contributed by atoms with E-state index in [4.69, 9.17) is 14.2 Å². The van der Waals surface area contributed by atoms with Gasteiger partial charge in [0.15, 0.2) is 6.10 Å². The molecular formula is C67H114O6. The first-order valence-electron chi connectivity index (χ1n) is 30.7. The van der Waals surface area contributed by atoms with Crippen molar-refractivity contribution in [3.05, 3.63) is 97.2 Å². The first kappa shape index (κ1) is 69.3. The minimum absolute atomic E-state index is 0.0826. The van der Waals surface area contributed by atoms with Crippen LogP contribution in [-0.4, -0.2) is 37.2 Å². The summed E-state index contributed by atoms with van der Waals surface area (Å²) < 4.78 is 16.8. The van der Waals surface area contributed by atoms with Gasteiger partial charge in [0.1, 0.15) is 13.2 Å². The van der Waals surface area contributed by atoms with E-state index in [2.05, 4.69) is 118 Å². The van der Waals surface area contributed by atoms with Crippen molar-refractivity contribution in [2.45, 2.75) is 297 Å². The lowest BCUT2D eigenvalue weighted by Gasteiger charge is -2.18. The zero-order chi connectivity index (χ0) is 52.9. The molecule has 0 aromatic heterocycles. The molecule has 0 aromatic rings. The Balaban J connectivity index is 4.25. The van der Waals surface area contributed by atoms with E-state index in [1.54, 1.807) is 0 Å². The summed E-state index contributed by atoms with van der Waals surface area (Å²) in [5.41, 5.74) is 0. The molecule has 418 valence electrons. The zero-order valence-electron chi connectivity index (χ0n) is 47.9. The molecule has 6 heteroatoms. The summed E-state index contributed by atoms with van der Waals surface area (Å²) in [6, 6.07) is 0. The summed E-state index contributed by atoms with van der Waals surface area (Å²) in [7, 11) is 0. The highest BCUT2D eigenvalue weighted by molar-refractivity contribution is 5.71. The van der Waals surface area contributed by atoms with Crippen molar-refractivity contribution < 1.29 is 28.6 Å². The van der Waals surface area contributed by atoms with Crippen molar-refractivity contribution in [1.29, 1.82) is 0 Å². The van der Waals surface area contributed by atoms with Crippen LogP contribution in [0.15, 0.2) is 97.2 Å². The third kappa shape index (κ3) is 59.1. The molecule has 0 aliphatic carbocycles. The summed E-state index contributed by atoms with van der Waals surface area (Å²) in [5.74, 6) is -0.904. The summed E-state index contributed by atoms with van der Waals surface area (Å²) in [6.07, 6.45) is 81.4. The Kier molecular flexibility index (Phi) is 57.8. The average molecular weight is 1020 g/mol. The molecule has 73 heavy (non-hydrogen) atoms. The van der Waals surface area contributed by atoms with Gasteiger partial charge in [-0.25, -0.2) is 0 Å².